The van der Waals surface area contributed by atoms with Gasteiger partial charge in [0.25, 0.3) is 5.91 Å². The standard InChI is InChI=1S/C20H24N2O3/c1-20(2,24)17-9-6-12-22(17)19(23)16-10-11-18(21-13-16)25-14-15-7-4-3-5-8-15/h3-5,7-8,10-11,13,17,24H,6,9,12,14H2,1-2H3. The van der Waals surface area contributed by atoms with Gasteiger partial charge in [-0.3, -0.25) is 4.79 Å². The topological polar surface area (TPSA) is 62.7 Å². The van der Waals surface area contributed by atoms with Crippen LogP contribution >= 0.6 is 0 Å². The number of nitrogens with zero attached hydrogens (tertiary/aromatic N) is 2. The van der Waals surface area contributed by atoms with Crippen LogP contribution in [0.1, 0.15) is 42.6 Å². The van der Waals surface area contributed by atoms with Gasteiger partial charge in [-0.25, -0.2) is 4.98 Å². The molecule has 2 heterocycles. The number of ether oxygens (including phenoxy) is 1. The van der Waals surface area contributed by atoms with Crippen LogP contribution in [0.4, 0.5) is 0 Å². The zero-order valence-corrected chi connectivity index (χ0v) is 14.7. The van der Waals surface area contributed by atoms with Crippen LogP contribution in [0.25, 0.3) is 0 Å². The number of hydrogen-bond donors (Lipinski definition) is 1. The maximum atomic E-state index is 12.7. The van der Waals surface area contributed by atoms with E-state index in [1.807, 2.05) is 30.3 Å². The highest BCUT2D eigenvalue weighted by atomic mass is 16.5. The number of benzene rings is 1. The lowest BCUT2D eigenvalue weighted by Crippen LogP contribution is -2.48. The zero-order valence-electron chi connectivity index (χ0n) is 14.7. The molecule has 1 N–H and O–H groups in total. The van der Waals surface area contributed by atoms with Crippen molar-refractivity contribution in [2.75, 3.05) is 6.54 Å². The summed E-state index contributed by atoms with van der Waals surface area (Å²) in [5, 5.41) is 10.3. The molecule has 3 rings (SSSR count). The maximum Gasteiger partial charge on any atom is 0.255 e. The number of amides is 1. The normalized spacial score (nSPS) is 17.6. The summed E-state index contributed by atoms with van der Waals surface area (Å²) in [5.74, 6) is 0.396. The highest BCUT2D eigenvalue weighted by molar-refractivity contribution is 5.94. The van der Waals surface area contributed by atoms with Crippen molar-refractivity contribution in [1.82, 2.24) is 9.88 Å². The fraction of sp³-hybridized carbons (Fsp3) is 0.400. The number of likely N-dealkylation sites (tertiary alicyclic amines) is 1. The monoisotopic (exact) mass is 340 g/mol. The van der Waals surface area contributed by atoms with Gasteiger partial charge in [0.2, 0.25) is 5.88 Å². The average molecular weight is 340 g/mol. The minimum atomic E-state index is -0.904. The Kier molecular flexibility index (Phi) is 5.04. The van der Waals surface area contributed by atoms with Crippen molar-refractivity contribution in [2.45, 2.75) is 44.9 Å². The molecule has 0 aliphatic carbocycles. The third-order valence-electron chi connectivity index (χ3n) is 4.54. The van der Waals surface area contributed by atoms with Crippen LogP contribution in [0, 0.1) is 0 Å². The van der Waals surface area contributed by atoms with Gasteiger partial charge in [-0.1, -0.05) is 30.3 Å². The maximum absolute atomic E-state index is 12.7. The van der Waals surface area contributed by atoms with E-state index in [1.54, 1.807) is 37.1 Å². The van der Waals surface area contributed by atoms with E-state index < -0.39 is 5.60 Å². The molecule has 1 aliphatic rings. The number of carbonyl (C=O) groups excluding carboxylic acids is 1. The number of rotatable bonds is 5. The minimum absolute atomic E-state index is 0.0910. The summed E-state index contributed by atoms with van der Waals surface area (Å²) >= 11 is 0. The summed E-state index contributed by atoms with van der Waals surface area (Å²) in [6.07, 6.45) is 3.27. The van der Waals surface area contributed by atoms with Crippen molar-refractivity contribution in [1.29, 1.82) is 0 Å². The molecular formula is C20H24N2O3. The van der Waals surface area contributed by atoms with Crippen LogP contribution in [0.5, 0.6) is 5.88 Å². The lowest BCUT2D eigenvalue weighted by molar-refractivity contribution is 0.000314. The van der Waals surface area contributed by atoms with Crippen molar-refractivity contribution >= 4 is 5.91 Å². The Morgan fingerprint density at radius 1 is 1.28 bits per heavy atom. The first-order valence-corrected chi connectivity index (χ1v) is 8.61. The van der Waals surface area contributed by atoms with E-state index in [0.29, 0.717) is 24.6 Å². The van der Waals surface area contributed by atoms with Gasteiger partial charge < -0.3 is 14.7 Å². The molecule has 1 saturated heterocycles. The molecule has 1 aromatic carbocycles. The Balaban J connectivity index is 1.64. The molecule has 0 bridgehead atoms. The summed E-state index contributed by atoms with van der Waals surface area (Å²) in [6, 6.07) is 13.1. The number of carbonyl (C=O) groups is 1. The lowest BCUT2D eigenvalue weighted by Gasteiger charge is -2.33. The van der Waals surface area contributed by atoms with E-state index in [4.69, 9.17) is 4.74 Å². The van der Waals surface area contributed by atoms with Crippen molar-refractivity contribution in [3.8, 4) is 5.88 Å². The molecule has 1 aliphatic heterocycles. The number of aromatic nitrogens is 1. The van der Waals surface area contributed by atoms with Crippen molar-refractivity contribution in [3.05, 3.63) is 59.8 Å². The van der Waals surface area contributed by atoms with E-state index in [2.05, 4.69) is 4.98 Å². The Morgan fingerprint density at radius 3 is 2.68 bits per heavy atom. The van der Waals surface area contributed by atoms with Crippen molar-refractivity contribution in [3.63, 3.8) is 0 Å². The van der Waals surface area contributed by atoms with Crippen molar-refractivity contribution in [2.24, 2.45) is 0 Å². The first-order valence-electron chi connectivity index (χ1n) is 8.61. The predicted molar refractivity (Wildman–Crippen MR) is 95.4 cm³/mol. The Morgan fingerprint density at radius 2 is 2.04 bits per heavy atom. The average Bonchev–Trinajstić information content (AvgIpc) is 3.11. The third kappa shape index (κ3) is 4.17. The van der Waals surface area contributed by atoms with Gasteiger partial charge in [-0.05, 0) is 38.3 Å². The molecule has 0 saturated carbocycles. The molecule has 1 amide bonds. The van der Waals surface area contributed by atoms with Crippen LogP contribution in [0.3, 0.4) is 0 Å². The zero-order chi connectivity index (χ0) is 17.9. The summed E-state index contributed by atoms with van der Waals surface area (Å²) in [6.45, 7) is 4.61. The second-order valence-corrected chi connectivity index (χ2v) is 6.97. The van der Waals surface area contributed by atoms with Crippen LogP contribution in [-0.2, 0) is 6.61 Å². The smallest absolute Gasteiger partial charge is 0.255 e. The quantitative estimate of drug-likeness (QED) is 0.909. The molecule has 0 radical (unpaired) electrons. The molecule has 1 aromatic heterocycles. The summed E-state index contributed by atoms with van der Waals surface area (Å²) in [4.78, 5) is 18.7. The number of pyridine rings is 1. The molecule has 2 aromatic rings. The highest BCUT2D eigenvalue weighted by Gasteiger charge is 2.38. The van der Waals surface area contributed by atoms with E-state index in [0.717, 1.165) is 18.4 Å². The Bertz CT molecular complexity index is 708. The first kappa shape index (κ1) is 17.4. The van der Waals surface area contributed by atoms with Gasteiger partial charge >= 0.3 is 0 Å². The van der Waals surface area contributed by atoms with Crippen LogP contribution in [0.2, 0.25) is 0 Å². The van der Waals surface area contributed by atoms with Crippen LogP contribution in [0.15, 0.2) is 48.7 Å². The Labute approximate surface area is 148 Å². The van der Waals surface area contributed by atoms with E-state index >= 15 is 0 Å². The van der Waals surface area contributed by atoms with Gasteiger partial charge in [-0.15, -0.1) is 0 Å². The van der Waals surface area contributed by atoms with Crippen molar-refractivity contribution < 1.29 is 14.6 Å². The molecule has 0 spiro atoms. The van der Waals surface area contributed by atoms with Gasteiger partial charge in [0.1, 0.15) is 6.61 Å². The van der Waals surface area contributed by atoms with Gasteiger partial charge in [0.05, 0.1) is 17.2 Å². The lowest BCUT2D eigenvalue weighted by atomic mass is 9.96. The molecule has 132 valence electrons. The molecule has 1 fully saturated rings. The first-order chi connectivity index (χ1) is 11.9. The molecule has 25 heavy (non-hydrogen) atoms. The van der Waals surface area contributed by atoms with Crippen LogP contribution in [-0.4, -0.2) is 39.1 Å². The number of aliphatic hydroxyl groups is 1. The van der Waals surface area contributed by atoms with Gasteiger partial charge in [-0.2, -0.15) is 0 Å². The van der Waals surface area contributed by atoms with E-state index in [1.165, 1.54) is 0 Å². The fourth-order valence-electron chi connectivity index (χ4n) is 3.23. The largest absolute Gasteiger partial charge is 0.473 e. The van der Waals surface area contributed by atoms with Gasteiger partial charge in [0.15, 0.2) is 0 Å². The minimum Gasteiger partial charge on any atom is -0.473 e. The molecule has 1 atom stereocenters. The molecule has 5 nitrogen and oxygen atoms in total. The second-order valence-electron chi connectivity index (χ2n) is 6.97. The highest BCUT2D eigenvalue weighted by Crippen LogP contribution is 2.28. The summed E-state index contributed by atoms with van der Waals surface area (Å²) in [5.41, 5.74) is 0.677. The third-order valence-corrected chi connectivity index (χ3v) is 4.54. The number of hydrogen-bond acceptors (Lipinski definition) is 4. The summed E-state index contributed by atoms with van der Waals surface area (Å²) < 4.78 is 5.65. The van der Waals surface area contributed by atoms with E-state index in [9.17, 15) is 9.90 Å². The fourth-order valence-corrected chi connectivity index (χ4v) is 3.23. The van der Waals surface area contributed by atoms with Gasteiger partial charge in [0, 0.05) is 18.8 Å². The molecule has 1 unspecified atom stereocenters. The summed E-state index contributed by atoms with van der Waals surface area (Å²) in [7, 11) is 0. The SMILES string of the molecule is CC(C)(O)C1CCCN1C(=O)c1ccc(OCc2ccccc2)nc1. The molecule has 5 heteroatoms. The second kappa shape index (κ2) is 7.23. The Hall–Kier alpha value is -2.40. The van der Waals surface area contributed by atoms with E-state index in [-0.39, 0.29) is 11.9 Å². The van der Waals surface area contributed by atoms with Crippen LogP contribution < -0.4 is 4.74 Å². The molecular weight excluding hydrogens is 316 g/mol. The predicted octanol–water partition coefficient (Wildman–Crippen LogP) is 3.04.